The quantitative estimate of drug-likeness (QED) is 0.263. The lowest BCUT2D eigenvalue weighted by atomic mass is 9.96. The van der Waals surface area contributed by atoms with E-state index in [0.29, 0.717) is 5.55 Å². The van der Waals surface area contributed by atoms with Crippen LogP contribution in [0.5, 0.6) is 0 Å². The Morgan fingerprint density at radius 1 is 0.676 bits per heavy atom. The summed E-state index contributed by atoms with van der Waals surface area (Å²) in [6, 6.07) is 24.9. The molecule has 0 unspecified atom stereocenters. The van der Waals surface area contributed by atoms with Gasteiger partial charge < -0.3 is 8.83 Å². The van der Waals surface area contributed by atoms with Gasteiger partial charge in [0, 0.05) is 33.7 Å². The van der Waals surface area contributed by atoms with Gasteiger partial charge in [0.2, 0.25) is 5.55 Å². The van der Waals surface area contributed by atoms with Gasteiger partial charge in [0.15, 0.2) is 0 Å². The summed E-state index contributed by atoms with van der Waals surface area (Å²) in [5.74, 6) is 0. The van der Waals surface area contributed by atoms with Crippen LogP contribution in [0.1, 0.15) is 37.7 Å². The fourth-order valence-corrected chi connectivity index (χ4v) is 4.91. The third kappa shape index (κ3) is 3.75. The fourth-order valence-electron chi connectivity index (χ4n) is 4.91. The third-order valence-electron chi connectivity index (χ3n) is 6.70. The number of rotatable bonds is 3. The van der Waals surface area contributed by atoms with E-state index in [4.69, 9.17) is 8.83 Å². The first-order valence-corrected chi connectivity index (χ1v) is 12.0. The van der Waals surface area contributed by atoms with Gasteiger partial charge in [0.05, 0.1) is 6.26 Å². The molecule has 1 fully saturated rings. The lowest BCUT2D eigenvalue weighted by molar-refractivity contribution is 0.533. The van der Waals surface area contributed by atoms with Crippen LogP contribution in [-0.2, 0) is 0 Å². The van der Waals surface area contributed by atoms with Gasteiger partial charge in [0.1, 0.15) is 11.2 Å². The second-order valence-corrected chi connectivity index (χ2v) is 8.96. The van der Waals surface area contributed by atoms with Crippen molar-refractivity contribution in [1.82, 2.24) is 0 Å². The number of furan rings is 1. The molecule has 0 spiro atoms. The van der Waals surface area contributed by atoms with Crippen molar-refractivity contribution in [1.29, 1.82) is 0 Å². The molecule has 1 saturated carbocycles. The predicted molar refractivity (Wildman–Crippen MR) is 138 cm³/mol. The fraction of sp³-hybridized carbons (Fsp3) is 0.200. The van der Waals surface area contributed by atoms with Gasteiger partial charge in [-0.3, -0.25) is 0 Å². The molecule has 5 aromatic rings. The normalized spacial score (nSPS) is 14.7. The molecule has 6 rings (SSSR count). The van der Waals surface area contributed by atoms with E-state index in [1.54, 1.807) is 0 Å². The van der Waals surface area contributed by atoms with Gasteiger partial charge in [-0.05, 0) is 55.4 Å². The summed E-state index contributed by atoms with van der Waals surface area (Å²) in [5, 5.41) is 11.2. The van der Waals surface area contributed by atoms with Crippen LogP contribution in [0.15, 0.2) is 98.1 Å². The highest BCUT2D eigenvalue weighted by molar-refractivity contribution is 6.08. The Morgan fingerprint density at radius 2 is 1.32 bits per heavy atom. The van der Waals surface area contributed by atoms with Crippen LogP contribution < -0.4 is 5.55 Å². The van der Waals surface area contributed by atoms with Crippen LogP contribution in [0, 0.1) is 6.92 Å². The van der Waals surface area contributed by atoms with Gasteiger partial charge in [-0.15, -0.1) is 5.10 Å². The van der Waals surface area contributed by atoms with Crippen molar-refractivity contribution in [3.63, 3.8) is 0 Å². The molecule has 4 heteroatoms. The van der Waals surface area contributed by atoms with Gasteiger partial charge in [0.25, 0.3) is 0 Å². The number of benzene rings is 3. The zero-order chi connectivity index (χ0) is 22.9. The van der Waals surface area contributed by atoms with Crippen molar-refractivity contribution in [2.45, 2.75) is 39.0 Å². The minimum atomic E-state index is 0.515. The SMILES string of the molecule is Cc1c2occ(-c3ccccc3)c2cc2c(-c3ccccc3)c/c(=N\N=C3CCCCC3)oc12. The lowest BCUT2D eigenvalue weighted by Crippen LogP contribution is -2.06. The van der Waals surface area contributed by atoms with Gasteiger partial charge in [-0.1, -0.05) is 67.1 Å². The molecular formula is C30H26N2O2. The van der Waals surface area contributed by atoms with E-state index in [0.717, 1.165) is 68.3 Å². The summed E-state index contributed by atoms with van der Waals surface area (Å²) in [7, 11) is 0. The van der Waals surface area contributed by atoms with Crippen molar-refractivity contribution in [3.05, 3.63) is 90.2 Å². The minimum absolute atomic E-state index is 0.515. The highest BCUT2D eigenvalue weighted by atomic mass is 16.3. The summed E-state index contributed by atoms with van der Waals surface area (Å²) >= 11 is 0. The first-order valence-electron chi connectivity index (χ1n) is 12.0. The van der Waals surface area contributed by atoms with E-state index in [-0.39, 0.29) is 0 Å². The second kappa shape index (κ2) is 8.79. The second-order valence-electron chi connectivity index (χ2n) is 8.96. The first kappa shape index (κ1) is 20.7. The van der Waals surface area contributed by atoms with E-state index < -0.39 is 0 Å². The summed E-state index contributed by atoms with van der Waals surface area (Å²) in [6.07, 6.45) is 7.55. The van der Waals surface area contributed by atoms with Crippen molar-refractivity contribution in [2.75, 3.05) is 0 Å². The Kier molecular flexibility index (Phi) is 5.34. The van der Waals surface area contributed by atoms with Crippen LogP contribution in [0.2, 0.25) is 0 Å². The summed E-state index contributed by atoms with van der Waals surface area (Å²) in [4.78, 5) is 0. The topological polar surface area (TPSA) is 51.0 Å². The monoisotopic (exact) mass is 446 g/mol. The van der Waals surface area contributed by atoms with Crippen molar-refractivity contribution in [2.24, 2.45) is 10.2 Å². The van der Waals surface area contributed by atoms with E-state index in [9.17, 15) is 0 Å². The molecule has 0 atom stereocenters. The molecule has 0 amide bonds. The average molecular weight is 447 g/mol. The Labute approximate surface area is 198 Å². The summed E-state index contributed by atoms with van der Waals surface area (Å²) in [6.45, 7) is 2.05. The number of aryl methyl sites for hydroxylation is 1. The Morgan fingerprint density at radius 3 is 2.03 bits per heavy atom. The maximum Gasteiger partial charge on any atom is 0.239 e. The largest absolute Gasteiger partial charge is 0.463 e. The van der Waals surface area contributed by atoms with Gasteiger partial charge in [-0.25, -0.2) is 0 Å². The van der Waals surface area contributed by atoms with Crippen LogP contribution in [0.4, 0.5) is 0 Å². The first-order chi connectivity index (χ1) is 16.8. The number of hydrogen-bond acceptors (Lipinski definition) is 4. The molecule has 34 heavy (non-hydrogen) atoms. The zero-order valence-electron chi connectivity index (χ0n) is 19.3. The van der Waals surface area contributed by atoms with Crippen molar-refractivity contribution >= 4 is 27.7 Å². The molecule has 2 aromatic heterocycles. The molecule has 3 aromatic carbocycles. The van der Waals surface area contributed by atoms with E-state index in [1.807, 2.05) is 24.5 Å². The van der Waals surface area contributed by atoms with E-state index in [1.165, 1.54) is 19.3 Å². The number of fused-ring (bicyclic) bond motifs is 2. The average Bonchev–Trinajstić information content (AvgIpc) is 3.33. The lowest BCUT2D eigenvalue weighted by Gasteiger charge is -2.11. The molecule has 4 nitrogen and oxygen atoms in total. The van der Waals surface area contributed by atoms with Crippen molar-refractivity contribution < 1.29 is 8.83 Å². The zero-order valence-corrected chi connectivity index (χ0v) is 19.3. The Hall–Kier alpha value is -3.92. The molecule has 168 valence electrons. The number of nitrogens with zero attached hydrogens (tertiary/aromatic N) is 2. The minimum Gasteiger partial charge on any atom is -0.463 e. The molecule has 0 N–H and O–H groups in total. The molecule has 0 radical (unpaired) electrons. The summed E-state index contributed by atoms with van der Waals surface area (Å²) < 4.78 is 12.4. The number of hydrogen-bond donors (Lipinski definition) is 0. The Bertz CT molecular complexity index is 1570. The Balaban J connectivity index is 1.62. The highest BCUT2D eigenvalue weighted by Gasteiger charge is 2.17. The van der Waals surface area contributed by atoms with Gasteiger partial charge >= 0.3 is 0 Å². The predicted octanol–water partition coefficient (Wildman–Crippen LogP) is 8.04. The van der Waals surface area contributed by atoms with Crippen LogP contribution in [-0.4, -0.2) is 5.71 Å². The molecule has 1 aliphatic rings. The van der Waals surface area contributed by atoms with Crippen LogP contribution >= 0.6 is 0 Å². The van der Waals surface area contributed by atoms with E-state index >= 15 is 0 Å². The van der Waals surface area contributed by atoms with Crippen molar-refractivity contribution in [3.8, 4) is 22.3 Å². The molecule has 2 heterocycles. The maximum absolute atomic E-state index is 6.34. The van der Waals surface area contributed by atoms with Crippen LogP contribution in [0.25, 0.3) is 44.2 Å². The van der Waals surface area contributed by atoms with Gasteiger partial charge in [-0.2, -0.15) is 5.10 Å². The summed E-state index contributed by atoms with van der Waals surface area (Å²) in [5.41, 5.74) is 8.67. The smallest absolute Gasteiger partial charge is 0.239 e. The highest BCUT2D eigenvalue weighted by Crippen LogP contribution is 2.38. The van der Waals surface area contributed by atoms with E-state index in [2.05, 4.69) is 71.7 Å². The third-order valence-corrected chi connectivity index (χ3v) is 6.70. The molecule has 0 bridgehead atoms. The van der Waals surface area contributed by atoms with Crippen LogP contribution in [0.3, 0.4) is 0 Å². The molecule has 0 aliphatic heterocycles. The molecule has 1 aliphatic carbocycles. The standard InChI is InChI=1S/C30H26N2O2/c1-20-29-26(27(19-33-29)22-13-7-3-8-14-22)17-25-24(21-11-5-2-6-12-21)18-28(34-30(20)25)32-31-23-15-9-4-10-16-23/h2-3,5-8,11-14,17-19H,4,9-10,15-16H2,1H3/b32-28+. The molecule has 0 saturated heterocycles. The molecular weight excluding hydrogens is 420 g/mol. The maximum atomic E-state index is 6.34.